The Balaban J connectivity index is 2.40. The highest BCUT2D eigenvalue weighted by atomic mass is 35.5. The number of halogens is 2. The maximum Gasteiger partial charge on any atom is 0.267 e. The van der Waals surface area contributed by atoms with Crippen molar-refractivity contribution >= 4 is 39.2 Å². The van der Waals surface area contributed by atoms with Gasteiger partial charge < -0.3 is 4.74 Å². The number of ether oxygens (including phenoxy) is 1. The number of nitrogens with zero attached hydrogens (tertiary/aromatic N) is 2. The van der Waals surface area contributed by atoms with E-state index in [0.717, 1.165) is 0 Å². The molecule has 0 saturated carbocycles. The highest BCUT2D eigenvalue weighted by Crippen LogP contribution is 2.28. The van der Waals surface area contributed by atoms with E-state index in [2.05, 4.69) is 14.7 Å². The Hall–Kier alpha value is -1.57. The van der Waals surface area contributed by atoms with Gasteiger partial charge in [0.1, 0.15) is 15.8 Å². The number of aromatic nitrogens is 2. The number of hydrogen-bond acceptors (Lipinski definition) is 5. The predicted octanol–water partition coefficient (Wildman–Crippen LogP) is 2.59. The summed E-state index contributed by atoms with van der Waals surface area (Å²) in [6.07, 6.45) is 1.34. The molecule has 0 spiro atoms. The average Bonchev–Trinajstić information content (AvgIpc) is 2.37. The standard InChI is InChI=1S/C11H9Cl2N3O3S/c1-19-8-6-7(12)2-3-9(8)20(17,18)16-11-14-5-4-10(13)15-11/h2-6H,1H3,(H,14,15,16). The van der Waals surface area contributed by atoms with E-state index in [9.17, 15) is 8.42 Å². The molecule has 0 bridgehead atoms. The summed E-state index contributed by atoms with van der Waals surface area (Å²) in [5.41, 5.74) is 0. The molecule has 0 unspecified atom stereocenters. The van der Waals surface area contributed by atoms with E-state index in [-0.39, 0.29) is 21.7 Å². The van der Waals surface area contributed by atoms with Crippen LogP contribution in [0.4, 0.5) is 5.95 Å². The number of anilines is 1. The molecule has 0 radical (unpaired) electrons. The number of sulfonamides is 1. The Kier molecular flexibility index (Phi) is 4.32. The topological polar surface area (TPSA) is 81.2 Å². The third kappa shape index (κ3) is 3.30. The first-order chi connectivity index (χ1) is 9.42. The van der Waals surface area contributed by atoms with Crippen LogP contribution in [0.1, 0.15) is 0 Å². The first kappa shape index (κ1) is 14.8. The van der Waals surface area contributed by atoms with Crippen LogP contribution < -0.4 is 9.46 Å². The Morgan fingerprint density at radius 3 is 2.65 bits per heavy atom. The summed E-state index contributed by atoms with van der Waals surface area (Å²) in [5.74, 6) is -0.0125. The molecule has 0 aliphatic rings. The minimum absolute atomic E-state index is 0.0759. The second-order valence-corrected chi connectivity index (χ2v) is 6.08. The quantitative estimate of drug-likeness (QED) is 0.869. The fraction of sp³-hybridized carbons (Fsp3) is 0.0909. The molecule has 0 atom stereocenters. The van der Waals surface area contributed by atoms with E-state index < -0.39 is 10.0 Å². The molecule has 1 aromatic heterocycles. The number of benzene rings is 1. The second-order valence-electron chi connectivity index (χ2n) is 3.60. The molecule has 20 heavy (non-hydrogen) atoms. The van der Waals surface area contributed by atoms with Crippen LogP contribution in [0.3, 0.4) is 0 Å². The number of nitrogens with one attached hydrogen (secondary N) is 1. The van der Waals surface area contributed by atoms with Crippen molar-refractivity contribution in [2.24, 2.45) is 0 Å². The van der Waals surface area contributed by atoms with Gasteiger partial charge in [-0.2, -0.15) is 0 Å². The van der Waals surface area contributed by atoms with E-state index in [1.54, 1.807) is 0 Å². The van der Waals surface area contributed by atoms with E-state index in [0.29, 0.717) is 5.02 Å². The molecular formula is C11H9Cl2N3O3S. The lowest BCUT2D eigenvalue weighted by molar-refractivity contribution is 0.403. The van der Waals surface area contributed by atoms with E-state index >= 15 is 0 Å². The molecule has 2 aromatic rings. The van der Waals surface area contributed by atoms with Crippen LogP contribution in [0, 0.1) is 0 Å². The first-order valence-corrected chi connectivity index (χ1v) is 7.51. The molecule has 106 valence electrons. The summed E-state index contributed by atoms with van der Waals surface area (Å²) < 4.78 is 31.7. The van der Waals surface area contributed by atoms with E-state index in [4.69, 9.17) is 27.9 Å². The van der Waals surface area contributed by atoms with Gasteiger partial charge in [-0.1, -0.05) is 23.2 Å². The fourth-order valence-corrected chi connectivity index (χ4v) is 2.83. The summed E-state index contributed by atoms with van der Waals surface area (Å²) in [4.78, 5) is 7.45. The van der Waals surface area contributed by atoms with Crippen molar-refractivity contribution in [3.05, 3.63) is 40.6 Å². The maximum absolute atomic E-state index is 12.2. The molecule has 6 nitrogen and oxygen atoms in total. The lowest BCUT2D eigenvalue weighted by Crippen LogP contribution is -2.16. The Bertz CT molecular complexity index is 737. The van der Waals surface area contributed by atoms with Gasteiger partial charge in [0.15, 0.2) is 0 Å². The third-order valence-corrected chi connectivity index (χ3v) is 4.08. The van der Waals surface area contributed by atoms with Crippen molar-refractivity contribution in [3.63, 3.8) is 0 Å². The van der Waals surface area contributed by atoms with Gasteiger partial charge in [0.05, 0.1) is 7.11 Å². The summed E-state index contributed by atoms with van der Waals surface area (Å²) >= 11 is 11.5. The molecule has 2 rings (SSSR count). The van der Waals surface area contributed by atoms with Gasteiger partial charge in [0.2, 0.25) is 5.95 Å². The van der Waals surface area contributed by atoms with Gasteiger partial charge in [-0.15, -0.1) is 0 Å². The maximum atomic E-state index is 12.2. The molecule has 9 heteroatoms. The molecule has 0 amide bonds. The van der Waals surface area contributed by atoms with Crippen LogP contribution in [-0.2, 0) is 10.0 Å². The predicted molar refractivity (Wildman–Crippen MR) is 75.9 cm³/mol. The van der Waals surface area contributed by atoms with Crippen molar-refractivity contribution in [2.75, 3.05) is 11.8 Å². The zero-order chi connectivity index (χ0) is 14.8. The van der Waals surface area contributed by atoms with Gasteiger partial charge >= 0.3 is 0 Å². The Labute approximate surface area is 125 Å². The second kappa shape index (κ2) is 5.82. The van der Waals surface area contributed by atoms with Crippen LogP contribution in [0.2, 0.25) is 10.2 Å². The molecular weight excluding hydrogens is 325 g/mol. The molecule has 0 aliphatic heterocycles. The highest BCUT2D eigenvalue weighted by molar-refractivity contribution is 7.92. The SMILES string of the molecule is COc1cc(Cl)ccc1S(=O)(=O)Nc1nccc(Cl)n1. The lowest BCUT2D eigenvalue weighted by atomic mass is 10.3. The third-order valence-electron chi connectivity index (χ3n) is 2.26. The van der Waals surface area contributed by atoms with Crippen molar-refractivity contribution < 1.29 is 13.2 Å². The molecule has 1 aromatic carbocycles. The monoisotopic (exact) mass is 333 g/mol. The molecule has 1 heterocycles. The number of methoxy groups -OCH3 is 1. The lowest BCUT2D eigenvalue weighted by Gasteiger charge is -2.10. The van der Waals surface area contributed by atoms with Crippen LogP contribution in [0.15, 0.2) is 35.4 Å². The van der Waals surface area contributed by atoms with Gasteiger partial charge in [-0.3, -0.25) is 0 Å². The van der Waals surface area contributed by atoms with Crippen LogP contribution in [0.25, 0.3) is 0 Å². The zero-order valence-corrected chi connectivity index (χ0v) is 12.5. The molecule has 0 aliphatic carbocycles. The van der Waals surface area contributed by atoms with Gasteiger partial charge in [-0.25, -0.2) is 23.1 Å². The normalized spacial score (nSPS) is 11.2. The highest BCUT2D eigenvalue weighted by Gasteiger charge is 2.21. The van der Waals surface area contributed by atoms with Gasteiger partial charge in [0.25, 0.3) is 10.0 Å². The minimum Gasteiger partial charge on any atom is -0.495 e. The van der Waals surface area contributed by atoms with E-state index in [1.807, 2.05) is 0 Å². The van der Waals surface area contributed by atoms with E-state index in [1.165, 1.54) is 37.6 Å². The van der Waals surface area contributed by atoms with Crippen molar-refractivity contribution in [3.8, 4) is 5.75 Å². The largest absolute Gasteiger partial charge is 0.495 e. The average molecular weight is 334 g/mol. The first-order valence-electron chi connectivity index (χ1n) is 5.27. The van der Waals surface area contributed by atoms with Crippen LogP contribution in [0.5, 0.6) is 5.75 Å². The van der Waals surface area contributed by atoms with Crippen molar-refractivity contribution in [1.82, 2.24) is 9.97 Å². The minimum atomic E-state index is -3.91. The number of hydrogen-bond donors (Lipinski definition) is 1. The van der Waals surface area contributed by atoms with Gasteiger partial charge in [-0.05, 0) is 18.2 Å². The summed E-state index contributed by atoms with van der Waals surface area (Å²) in [7, 11) is -2.56. The smallest absolute Gasteiger partial charge is 0.267 e. The van der Waals surface area contributed by atoms with Crippen LogP contribution in [-0.4, -0.2) is 25.5 Å². The Morgan fingerprint density at radius 1 is 1.25 bits per heavy atom. The molecule has 1 N–H and O–H groups in total. The fourth-order valence-electron chi connectivity index (χ4n) is 1.42. The summed E-state index contributed by atoms with van der Waals surface area (Å²) in [6, 6.07) is 5.60. The van der Waals surface area contributed by atoms with Crippen molar-refractivity contribution in [1.29, 1.82) is 0 Å². The number of rotatable bonds is 4. The van der Waals surface area contributed by atoms with Gasteiger partial charge in [0, 0.05) is 17.3 Å². The van der Waals surface area contributed by atoms with Crippen molar-refractivity contribution in [2.45, 2.75) is 4.90 Å². The summed E-state index contributed by atoms with van der Waals surface area (Å²) in [5, 5.41) is 0.487. The molecule has 0 saturated heterocycles. The zero-order valence-electron chi connectivity index (χ0n) is 10.2. The van der Waals surface area contributed by atoms with Crippen LogP contribution >= 0.6 is 23.2 Å². The molecule has 0 fully saturated rings. The Morgan fingerprint density at radius 2 is 2.00 bits per heavy atom. The summed E-state index contributed by atoms with van der Waals surface area (Å²) in [6.45, 7) is 0.